The van der Waals surface area contributed by atoms with Crippen molar-refractivity contribution in [2.24, 2.45) is 10.7 Å². The second kappa shape index (κ2) is 11.9. The molecule has 0 fully saturated rings. The summed E-state index contributed by atoms with van der Waals surface area (Å²) < 4.78 is 0. The molecule has 5 N–H and O–H groups in total. The molecule has 1 unspecified atom stereocenters. The standard InChI is InChI=1S/C25H25N5O4/c26-22(12-17-6-2-1-3-7-17)29-20-10-4-8-18(13-20)25(34)28-16-23(31)30-21(14-24(32)33)19-9-5-11-27-15-19/h1-11,13,15,21H,12,14,16H2,(H2,26,29)(H,28,34)(H,30,31)(H,32,33). The molecule has 1 atom stereocenters. The van der Waals surface area contributed by atoms with Crippen LogP contribution in [-0.2, 0) is 16.0 Å². The fourth-order valence-corrected chi connectivity index (χ4v) is 3.24. The van der Waals surface area contributed by atoms with Crippen LogP contribution in [0.3, 0.4) is 0 Å². The van der Waals surface area contributed by atoms with Crippen LogP contribution in [0.1, 0.15) is 33.9 Å². The lowest BCUT2D eigenvalue weighted by atomic mass is 10.1. The lowest BCUT2D eigenvalue weighted by Gasteiger charge is -2.17. The maximum Gasteiger partial charge on any atom is 0.305 e. The third-order valence-electron chi connectivity index (χ3n) is 4.82. The van der Waals surface area contributed by atoms with E-state index in [0.717, 1.165) is 5.56 Å². The van der Waals surface area contributed by atoms with Crippen LogP contribution in [-0.4, -0.2) is 40.3 Å². The number of aliphatic imine (C=N–C) groups is 1. The molecule has 2 amide bonds. The minimum Gasteiger partial charge on any atom is -0.481 e. The van der Waals surface area contributed by atoms with Crippen molar-refractivity contribution in [3.8, 4) is 0 Å². The summed E-state index contributed by atoms with van der Waals surface area (Å²) in [6.45, 7) is -0.321. The Hall–Kier alpha value is -4.53. The minimum absolute atomic E-state index is 0.310. The Bertz CT molecular complexity index is 1170. The van der Waals surface area contributed by atoms with Crippen LogP contribution in [0.5, 0.6) is 0 Å². The second-order valence-electron chi connectivity index (χ2n) is 7.50. The zero-order valence-corrected chi connectivity index (χ0v) is 18.3. The Morgan fingerprint density at radius 3 is 2.53 bits per heavy atom. The molecule has 2 aromatic carbocycles. The molecule has 0 aliphatic rings. The first kappa shape index (κ1) is 24.1. The van der Waals surface area contributed by atoms with Crippen LogP contribution in [0.2, 0.25) is 0 Å². The Morgan fingerprint density at radius 1 is 1.03 bits per heavy atom. The summed E-state index contributed by atoms with van der Waals surface area (Å²) in [7, 11) is 0. The first-order valence-corrected chi connectivity index (χ1v) is 10.6. The van der Waals surface area contributed by atoms with Gasteiger partial charge in [-0.3, -0.25) is 19.4 Å². The number of rotatable bonds is 10. The third kappa shape index (κ3) is 7.56. The minimum atomic E-state index is -1.07. The molecule has 1 aromatic heterocycles. The summed E-state index contributed by atoms with van der Waals surface area (Å²) >= 11 is 0. The highest BCUT2D eigenvalue weighted by Crippen LogP contribution is 2.16. The molecular weight excluding hydrogens is 434 g/mol. The van der Waals surface area contributed by atoms with E-state index < -0.39 is 23.8 Å². The summed E-state index contributed by atoms with van der Waals surface area (Å²) in [6.07, 6.45) is 3.21. The number of pyridine rings is 1. The van der Waals surface area contributed by atoms with Gasteiger partial charge in [-0.25, -0.2) is 4.99 Å². The number of nitrogens with one attached hydrogen (secondary N) is 2. The van der Waals surface area contributed by atoms with Crippen molar-refractivity contribution in [1.82, 2.24) is 15.6 Å². The van der Waals surface area contributed by atoms with E-state index in [2.05, 4.69) is 20.6 Å². The smallest absolute Gasteiger partial charge is 0.305 e. The van der Waals surface area contributed by atoms with Gasteiger partial charge in [0.05, 0.1) is 24.7 Å². The fourth-order valence-electron chi connectivity index (χ4n) is 3.24. The van der Waals surface area contributed by atoms with E-state index in [1.165, 1.54) is 6.20 Å². The molecule has 0 saturated carbocycles. The number of benzene rings is 2. The maximum absolute atomic E-state index is 12.5. The zero-order chi connectivity index (χ0) is 24.3. The highest BCUT2D eigenvalue weighted by atomic mass is 16.4. The van der Waals surface area contributed by atoms with Crippen LogP contribution in [0, 0.1) is 0 Å². The molecular formula is C25H25N5O4. The van der Waals surface area contributed by atoms with E-state index in [1.807, 2.05) is 30.3 Å². The highest BCUT2D eigenvalue weighted by Gasteiger charge is 2.19. The molecule has 0 bridgehead atoms. The molecule has 0 saturated heterocycles. The molecule has 0 aliphatic carbocycles. The molecule has 174 valence electrons. The molecule has 1 heterocycles. The predicted molar refractivity (Wildman–Crippen MR) is 128 cm³/mol. The van der Waals surface area contributed by atoms with Crippen LogP contribution < -0.4 is 16.4 Å². The van der Waals surface area contributed by atoms with Crippen molar-refractivity contribution in [2.75, 3.05) is 6.54 Å². The number of hydrogen-bond donors (Lipinski definition) is 4. The molecule has 9 heteroatoms. The molecule has 0 aliphatic heterocycles. The summed E-state index contributed by atoms with van der Waals surface area (Å²) in [5, 5.41) is 14.3. The summed E-state index contributed by atoms with van der Waals surface area (Å²) in [5.41, 5.74) is 8.46. The van der Waals surface area contributed by atoms with E-state index in [4.69, 9.17) is 10.8 Å². The second-order valence-corrected chi connectivity index (χ2v) is 7.50. The first-order chi connectivity index (χ1) is 16.4. The number of hydrogen-bond acceptors (Lipinski definition) is 5. The van der Waals surface area contributed by atoms with Crippen molar-refractivity contribution >= 4 is 29.3 Å². The number of aromatic nitrogens is 1. The van der Waals surface area contributed by atoms with Crippen LogP contribution in [0.15, 0.2) is 84.1 Å². The van der Waals surface area contributed by atoms with Gasteiger partial charge in [0.15, 0.2) is 0 Å². The van der Waals surface area contributed by atoms with Crippen LogP contribution in [0.25, 0.3) is 0 Å². The predicted octanol–water partition coefficient (Wildman–Crippen LogP) is 2.38. The average Bonchev–Trinajstić information content (AvgIpc) is 2.83. The number of amides is 2. The maximum atomic E-state index is 12.5. The average molecular weight is 460 g/mol. The van der Waals surface area contributed by atoms with E-state index >= 15 is 0 Å². The largest absolute Gasteiger partial charge is 0.481 e. The molecule has 9 nitrogen and oxygen atoms in total. The van der Waals surface area contributed by atoms with Crippen molar-refractivity contribution in [3.63, 3.8) is 0 Å². The van der Waals surface area contributed by atoms with Crippen molar-refractivity contribution in [1.29, 1.82) is 0 Å². The SMILES string of the molecule is NC(Cc1ccccc1)=Nc1cccc(C(=O)NCC(=O)NC(CC(=O)O)c2cccnc2)c1. The Labute approximate surface area is 196 Å². The van der Waals surface area contributed by atoms with Gasteiger partial charge in [0.25, 0.3) is 5.91 Å². The Balaban J connectivity index is 1.58. The number of aliphatic carboxylic acids is 1. The number of carboxylic acid groups (broad SMARTS) is 1. The number of carbonyl (C=O) groups excluding carboxylic acids is 2. The zero-order valence-electron chi connectivity index (χ0n) is 18.3. The molecule has 0 radical (unpaired) electrons. The van der Waals surface area contributed by atoms with E-state index in [0.29, 0.717) is 29.1 Å². The quantitative estimate of drug-likeness (QED) is 0.270. The number of nitrogens with zero attached hydrogens (tertiary/aromatic N) is 2. The normalized spacial score (nSPS) is 11.9. The topological polar surface area (TPSA) is 147 Å². The van der Waals surface area contributed by atoms with Gasteiger partial charge in [0.2, 0.25) is 5.91 Å². The number of nitrogens with two attached hydrogens (primary N) is 1. The molecule has 34 heavy (non-hydrogen) atoms. The van der Waals surface area contributed by atoms with Gasteiger partial charge in [-0.15, -0.1) is 0 Å². The van der Waals surface area contributed by atoms with Gasteiger partial charge in [0.1, 0.15) is 5.84 Å². The Kier molecular flexibility index (Phi) is 8.45. The monoisotopic (exact) mass is 459 g/mol. The van der Waals surface area contributed by atoms with Crippen molar-refractivity contribution in [3.05, 3.63) is 95.8 Å². The fraction of sp³-hybridized carbons (Fsp3) is 0.160. The van der Waals surface area contributed by atoms with Crippen LogP contribution in [0.4, 0.5) is 5.69 Å². The van der Waals surface area contributed by atoms with E-state index in [-0.39, 0.29) is 13.0 Å². The van der Waals surface area contributed by atoms with Crippen molar-refractivity contribution < 1.29 is 19.5 Å². The van der Waals surface area contributed by atoms with Crippen molar-refractivity contribution in [2.45, 2.75) is 18.9 Å². The lowest BCUT2D eigenvalue weighted by molar-refractivity contribution is -0.137. The van der Waals surface area contributed by atoms with E-state index in [1.54, 1.807) is 42.6 Å². The molecule has 0 spiro atoms. The summed E-state index contributed by atoms with van der Waals surface area (Å²) in [5.74, 6) is -1.65. The lowest BCUT2D eigenvalue weighted by Crippen LogP contribution is -2.39. The van der Waals surface area contributed by atoms with Gasteiger partial charge >= 0.3 is 5.97 Å². The van der Waals surface area contributed by atoms with E-state index in [9.17, 15) is 14.4 Å². The van der Waals surface area contributed by atoms with Crippen LogP contribution >= 0.6 is 0 Å². The summed E-state index contributed by atoms with van der Waals surface area (Å²) in [6, 6.07) is 18.8. The number of carboxylic acids is 1. The number of carbonyl (C=O) groups is 3. The molecule has 3 rings (SSSR count). The molecule has 3 aromatic rings. The Morgan fingerprint density at radius 2 is 1.82 bits per heavy atom. The number of amidine groups is 1. The van der Waals surface area contributed by atoms with Gasteiger partial charge in [-0.05, 0) is 35.4 Å². The third-order valence-corrected chi connectivity index (χ3v) is 4.82. The van der Waals surface area contributed by atoms with Gasteiger partial charge < -0.3 is 21.5 Å². The van der Waals surface area contributed by atoms with Gasteiger partial charge in [-0.1, -0.05) is 42.5 Å². The van der Waals surface area contributed by atoms with Gasteiger partial charge in [0, 0.05) is 24.4 Å². The summed E-state index contributed by atoms with van der Waals surface area (Å²) in [4.78, 5) is 44.4. The first-order valence-electron chi connectivity index (χ1n) is 10.6. The van der Waals surface area contributed by atoms with Gasteiger partial charge in [-0.2, -0.15) is 0 Å². The highest BCUT2D eigenvalue weighted by molar-refractivity contribution is 5.97.